The van der Waals surface area contributed by atoms with E-state index in [0.29, 0.717) is 26.2 Å². The van der Waals surface area contributed by atoms with E-state index < -0.39 is 28.2 Å². The van der Waals surface area contributed by atoms with Crippen LogP contribution in [0.1, 0.15) is 16.4 Å². The molecule has 2 heterocycles. The second-order valence-electron chi connectivity index (χ2n) is 7.67. The fourth-order valence-corrected chi connectivity index (χ4v) is 3.94. The minimum Gasteiger partial charge on any atom is -0.368 e. The first-order chi connectivity index (χ1) is 16.0. The van der Waals surface area contributed by atoms with Gasteiger partial charge in [0.05, 0.1) is 4.92 Å². The molecule has 1 fully saturated rings. The van der Waals surface area contributed by atoms with Crippen LogP contribution >= 0.6 is 0 Å². The number of hydrogen-bond donors (Lipinski definition) is 0. The highest BCUT2D eigenvalue weighted by Crippen LogP contribution is 2.22. The SMILES string of the molecule is O=C(c1cccc([N+](=O)[O-])c1)[C@@H](C(=O)N1CCN(c2ccccc2)CC1)n1ccccc1=O. The summed E-state index contributed by atoms with van der Waals surface area (Å²) in [5, 5.41) is 11.2. The highest BCUT2D eigenvalue weighted by Gasteiger charge is 2.35. The molecule has 1 aromatic heterocycles. The first-order valence-electron chi connectivity index (χ1n) is 10.5. The van der Waals surface area contributed by atoms with Crippen molar-refractivity contribution >= 4 is 23.1 Å². The number of carbonyl (C=O) groups is 2. The summed E-state index contributed by atoms with van der Waals surface area (Å²) in [6.07, 6.45) is 1.39. The minimum atomic E-state index is -1.44. The molecule has 0 radical (unpaired) electrons. The Kier molecular flexibility index (Phi) is 6.30. The molecule has 1 aliphatic rings. The van der Waals surface area contributed by atoms with Crippen LogP contribution in [0.25, 0.3) is 0 Å². The maximum atomic E-state index is 13.5. The molecule has 0 aliphatic carbocycles. The molecule has 4 rings (SSSR count). The van der Waals surface area contributed by atoms with Gasteiger partial charge in [0.1, 0.15) is 0 Å². The van der Waals surface area contributed by atoms with Crippen LogP contribution in [0.3, 0.4) is 0 Å². The molecule has 33 heavy (non-hydrogen) atoms. The lowest BCUT2D eigenvalue weighted by atomic mass is 10.0. The van der Waals surface area contributed by atoms with Crippen molar-refractivity contribution in [3.8, 4) is 0 Å². The van der Waals surface area contributed by atoms with Crippen LogP contribution in [0.15, 0.2) is 83.8 Å². The maximum Gasteiger partial charge on any atom is 0.270 e. The number of ketones is 1. The van der Waals surface area contributed by atoms with Crippen LogP contribution in [0, 0.1) is 10.1 Å². The lowest BCUT2D eigenvalue weighted by Crippen LogP contribution is -2.52. The molecule has 0 unspecified atom stereocenters. The van der Waals surface area contributed by atoms with Crippen molar-refractivity contribution in [2.75, 3.05) is 31.1 Å². The Labute approximate surface area is 189 Å². The van der Waals surface area contributed by atoms with Gasteiger partial charge in [-0.25, -0.2) is 0 Å². The molecule has 168 valence electrons. The van der Waals surface area contributed by atoms with Crippen LogP contribution in [0.5, 0.6) is 0 Å². The van der Waals surface area contributed by atoms with E-state index in [1.807, 2.05) is 30.3 Å². The number of nitro benzene ring substituents is 1. The lowest BCUT2D eigenvalue weighted by Gasteiger charge is -2.37. The largest absolute Gasteiger partial charge is 0.368 e. The molecule has 1 saturated heterocycles. The van der Waals surface area contributed by atoms with Crippen molar-refractivity contribution in [1.82, 2.24) is 9.47 Å². The Morgan fingerprint density at radius 3 is 2.24 bits per heavy atom. The molecule has 3 aromatic rings. The van der Waals surface area contributed by atoms with E-state index >= 15 is 0 Å². The van der Waals surface area contributed by atoms with Crippen molar-refractivity contribution in [3.05, 3.63) is 105 Å². The average molecular weight is 446 g/mol. The van der Waals surface area contributed by atoms with Gasteiger partial charge in [0.15, 0.2) is 11.8 Å². The van der Waals surface area contributed by atoms with E-state index in [1.54, 1.807) is 11.0 Å². The molecule has 0 N–H and O–H groups in total. The predicted octanol–water partition coefficient (Wildman–Crippen LogP) is 2.53. The highest BCUT2D eigenvalue weighted by atomic mass is 16.6. The molecule has 9 heteroatoms. The molecule has 0 saturated carbocycles. The number of Topliss-reactive ketones (excluding diaryl/α,β-unsaturated/α-hetero) is 1. The summed E-state index contributed by atoms with van der Waals surface area (Å²) in [5.41, 5.74) is 0.288. The topological polar surface area (TPSA) is 106 Å². The fraction of sp³-hybridized carbons (Fsp3) is 0.208. The van der Waals surface area contributed by atoms with Gasteiger partial charge in [-0.3, -0.25) is 29.1 Å². The normalized spacial score (nSPS) is 14.5. The van der Waals surface area contributed by atoms with Crippen molar-refractivity contribution in [1.29, 1.82) is 0 Å². The van der Waals surface area contributed by atoms with Crippen molar-refractivity contribution in [2.45, 2.75) is 6.04 Å². The first-order valence-corrected chi connectivity index (χ1v) is 10.5. The van der Waals surface area contributed by atoms with Gasteiger partial charge in [-0.1, -0.05) is 36.4 Å². The zero-order valence-corrected chi connectivity index (χ0v) is 17.7. The van der Waals surface area contributed by atoms with Gasteiger partial charge < -0.3 is 9.80 Å². The van der Waals surface area contributed by atoms with Crippen molar-refractivity contribution in [2.24, 2.45) is 0 Å². The van der Waals surface area contributed by atoms with E-state index in [4.69, 9.17) is 0 Å². The number of piperazine rings is 1. The third-order valence-electron chi connectivity index (χ3n) is 5.67. The van der Waals surface area contributed by atoms with Crippen LogP contribution in [-0.4, -0.2) is 52.3 Å². The number of anilines is 1. The minimum absolute atomic E-state index is 0.00113. The summed E-state index contributed by atoms with van der Waals surface area (Å²) in [6, 6.07) is 17.9. The molecule has 9 nitrogen and oxygen atoms in total. The Hall–Kier alpha value is -4.27. The summed E-state index contributed by atoms with van der Waals surface area (Å²) in [5.74, 6) is -1.17. The van der Waals surface area contributed by atoms with Crippen molar-refractivity contribution < 1.29 is 14.5 Å². The Morgan fingerprint density at radius 1 is 0.879 bits per heavy atom. The third kappa shape index (κ3) is 4.67. The summed E-state index contributed by atoms with van der Waals surface area (Å²) in [4.78, 5) is 53.7. The van der Waals surface area contributed by atoms with Crippen molar-refractivity contribution in [3.63, 3.8) is 0 Å². The monoisotopic (exact) mass is 446 g/mol. The highest BCUT2D eigenvalue weighted by molar-refractivity contribution is 6.12. The number of para-hydroxylation sites is 1. The number of non-ortho nitro benzene ring substituents is 1. The van der Waals surface area contributed by atoms with Gasteiger partial charge in [-0.05, 0) is 18.2 Å². The van der Waals surface area contributed by atoms with Crippen LogP contribution in [0.4, 0.5) is 11.4 Å². The van der Waals surface area contributed by atoms with E-state index in [-0.39, 0.29) is 11.3 Å². The quantitative estimate of drug-likeness (QED) is 0.249. The summed E-state index contributed by atoms with van der Waals surface area (Å²) in [6.45, 7) is 1.93. The number of amides is 1. The van der Waals surface area contributed by atoms with Gasteiger partial charge in [0.2, 0.25) is 0 Å². The molecule has 1 aliphatic heterocycles. The van der Waals surface area contributed by atoms with Gasteiger partial charge in [0.25, 0.3) is 17.2 Å². The first kappa shape index (κ1) is 21.9. The fourth-order valence-electron chi connectivity index (χ4n) is 3.94. The number of nitrogens with zero attached hydrogens (tertiary/aromatic N) is 4. The van der Waals surface area contributed by atoms with Gasteiger partial charge in [0, 0.05) is 61.8 Å². The standard InChI is InChI=1S/C24H22N4O5/c29-21-11-4-5-12-27(21)22(23(30)18-7-6-10-20(17-18)28(32)33)24(31)26-15-13-25(14-16-26)19-8-2-1-3-9-19/h1-12,17,22H,13-16H2/t22-/m0/s1. The second-order valence-corrected chi connectivity index (χ2v) is 7.67. The third-order valence-corrected chi connectivity index (χ3v) is 5.67. The van der Waals surface area contributed by atoms with Gasteiger partial charge >= 0.3 is 0 Å². The molecule has 1 amide bonds. The van der Waals surface area contributed by atoms with E-state index in [0.717, 1.165) is 16.3 Å². The van der Waals surface area contributed by atoms with E-state index in [9.17, 15) is 24.5 Å². The summed E-state index contributed by atoms with van der Waals surface area (Å²) < 4.78 is 1.09. The summed E-state index contributed by atoms with van der Waals surface area (Å²) in [7, 11) is 0. The zero-order valence-electron chi connectivity index (χ0n) is 17.7. The lowest BCUT2D eigenvalue weighted by molar-refractivity contribution is -0.384. The van der Waals surface area contributed by atoms with Crippen LogP contribution in [-0.2, 0) is 4.79 Å². The Morgan fingerprint density at radius 2 is 1.58 bits per heavy atom. The smallest absolute Gasteiger partial charge is 0.270 e. The molecule has 0 bridgehead atoms. The average Bonchev–Trinajstić information content (AvgIpc) is 2.86. The molecular weight excluding hydrogens is 424 g/mol. The summed E-state index contributed by atoms with van der Waals surface area (Å²) >= 11 is 0. The predicted molar refractivity (Wildman–Crippen MR) is 122 cm³/mol. The molecule has 2 aromatic carbocycles. The molecular formula is C24H22N4O5. The number of carbonyl (C=O) groups excluding carboxylic acids is 2. The number of hydrogen-bond acceptors (Lipinski definition) is 6. The number of rotatable bonds is 6. The number of benzene rings is 2. The number of nitro groups is 1. The second kappa shape index (κ2) is 9.47. The molecule has 1 atom stereocenters. The Balaban J connectivity index is 1.62. The Bertz CT molecular complexity index is 1230. The molecule has 0 spiro atoms. The van der Waals surface area contributed by atoms with E-state index in [2.05, 4.69) is 4.90 Å². The number of pyridine rings is 1. The maximum absolute atomic E-state index is 13.5. The van der Waals surface area contributed by atoms with Gasteiger partial charge in [-0.2, -0.15) is 0 Å². The van der Waals surface area contributed by atoms with Crippen LogP contribution < -0.4 is 10.5 Å². The van der Waals surface area contributed by atoms with E-state index in [1.165, 1.54) is 36.5 Å². The van der Waals surface area contributed by atoms with Gasteiger partial charge in [-0.15, -0.1) is 0 Å². The zero-order chi connectivity index (χ0) is 23.4. The number of aromatic nitrogens is 1. The van der Waals surface area contributed by atoms with Crippen LogP contribution in [0.2, 0.25) is 0 Å².